The van der Waals surface area contributed by atoms with Gasteiger partial charge in [-0.05, 0) is 5.56 Å². The smallest absolute Gasteiger partial charge is 0.410 e. The second-order valence-corrected chi connectivity index (χ2v) is 6.48. The first kappa shape index (κ1) is 15.1. The summed E-state index contributed by atoms with van der Waals surface area (Å²) < 4.78 is 5.36. The third kappa shape index (κ3) is 2.64. The van der Waals surface area contributed by atoms with Crippen molar-refractivity contribution in [2.45, 2.75) is 6.61 Å². The van der Waals surface area contributed by atoms with E-state index in [0.29, 0.717) is 13.1 Å². The van der Waals surface area contributed by atoms with Crippen LogP contribution in [0.3, 0.4) is 0 Å². The quantitative estimate of drug-likeness (QED) is 0.792. The van der Waals surface area contributed by atoms with Gasteiger partial charge in [0.25, 0.3) is 0 Å². The second-order valence-electron chi connectivity index (χ2n) is 5.92. The van der Waals surface area contributed by atoms with E-state index in [1.54, 1.807) is 29.9 Å². The van der Waals surface area contributed by atoms with E-state index >= 15 is 0 Å². The van der Waals surface area contributed by atoms with Crippen molar-refractivity contribution >= 4 is 30.4 Å². The lowest BCUT2D eigenvalue weighted by atomic mass is 9.95. The summed E-state index contributed by atoms with van der Waals surface area (Å²) in [7, 11) is 0. The van der Waals surface area contributed by atoms with Crippen LogP contribution in [0.2, 0.25) is 0 Å². The summed E-state index contributed by atoms with van der Waals surface area (Å²) in [6.07, 6.45) is 6.51. The molecule has 0 radical (unpaired) electrons. The minimum Gasteiger partial charge on any atom is -0.445 e. The average molecular weight is 344 g/mol. The van der Waals surface area contributed by atoms with Gasteiger partial charge in [0.2, 0.25) is 12.0 Å². The molecule has 3 aliphatic heterocycles. The monoisotopic (exact) mass is 343 g/mol. The molecule has 1 fully saturated rings. The highest BCUT2D eigenvalue weighted by Gasteiger charge is 2.44. The van der Waals surface area contributed by atoms with E-state index < -0.39 is 0 Å². The molecule has 1 aromatic rings. The molecule has 7 heteroatoms. The fourth-order valence-electron chi connectivity index (χ4n) is 2.90. The van der Waals surface area contributed by atoms with E-state index in [9.17, 15) is 4.79 Å². The first-order chi connectivity index (χ1) is 11.7. The zero-order valence-electron chi connectivity index (χ0n) is 12.9. The first-order valence-electron chi connectivity index (χ1n) is 7.70. The summed E-state index contributed by atoms with van der Waals surface area (Å²) in [4.78, 5) is 22.3. The van der Waals surface area contributed by atoms with Gasteiger partial charge in [-0.15, -0.1) is 4.00 Å². The van der Waals surface area contributed by atoms with Crippen molar-refractivity contribution < 1.29 is 13.5 Å². The van der Waals surface area contributed by atoms with E-state index in [0.717, 1.165) is 17.0 Å². The molecule has 6 nitrogen and oxygen atoms in total. The maximum Gasteiger partial charge on any atom is 0.410 e. The van der Waals surface area contributed by atoms with Crippen molar-refractivity contribution in [1.82, 2.24) is 4.90 Å². The summed E-state index contributed by atoms with van der Waals surface area (Å²) >= 11 is 6.46. The Hall–Kier alpha value is -2.44. The number of hydrogen-bond donors (Lipinski definition) is 0. The van der Waals surface area contributed by atoms with Crippen LogP contribution in [-0.4, -0.2) is 40.6 Å². The lowest BCUT2D eigenvalue weighted by Gasteiger charge is -2.37. The van der Waals surface area contributed by atoms with Crippen molar-refractivity contribution in [3.8, 4) is 0 Å². The molecule has 1 aromatic carbocycles. The molecule has 0 N–H and O–H groups in total. The van der Waals surface area contributed by atoms with Crippen molar-refractivity contribution in [3.63, 3.8) is 0 Å². The molecular formula is C17H16ClN4O2+. The van der Waals surface area contributed by atoms with E-state index in [4.69, 9.17) is 16.5 Å². The largest absolute Gasteiger partial charge is 0.445 e. The van der Waals surface area contributed by atoms with Crippen LogP contribution in [-0.2, 0) is 11.3 Å². The molecule has 4 rings (SSSR count). The number of aliphatic imine (C=N–C) groups is 2. The van der Waals surface area contributed by atoms with Crippen LogP contribution in [0, 0.1) is 5.92 Å². The fourth-order valence-corrected chi connectivity index (χ4v) is 3.12. The fraction of sp³-hybridized carbons (Fsp3) is 0.235. The van der Waals surface area contributed by atoms with E-state index in [-0.39, 0.29) is 22.6 Å². The van der Waals surface area contributed by atoms with Gasteiger partial charge in [-0.1, -0.05) is 30.3 Å². The van der Waals surface area contributed by atoms with Crippen LogP contribution in [0.4, 0.5) is 4.79 Å². The Morgan fingerprint density at radius 3 is 2.92 bits per heavy atom. The minimum atomic E-state index is -0.300. The van der Waals surface area contributed by atoms with Gasteiger partial charge in [-0.25, -0.2) is 4.79 Å². The molecule has 1 amide bonds. The lowest BCUT2D eigenvalue weighted by Crippen LogP contribution is -2.51. The summed E-state index contributed by atoms with van der Waals surface area (Å²) in [6, 6.07) is 9.64. The van der Waals surface area contributed by atoms with E-state index in [1.807, 2.05) is 30.3 Å². The molecule has 0 saturated carbocycles. The van der Waals surface area contributed by atoms with Gasteiger partial charge < -0.3 is 9.64 Å². The molecule has 0 aliphatic carbocycles. The maximum atomic E-state index is 12.1. The number of ether oxygens (including phenoxy) is 1. The standard InChI is InChI=1S/C17H16ClN4O2/c18-22-7-6-19-8-15(22)16(20-12-22)14-9-21(10-14)17(23)24-11-13-4-2-1-3-5-13/h1-8,12,14H,9-11H2/q+1. The van der Waals surface area contributed by atoms with Crippen LogP contribution >= 0.6 is 11.8 Å². The Bertz CT molecular complexity index is 781. The predicted octanol–water partition coefficient (Wildman–Crippen LogP) is 3.03. The number of halogens is 1. The number of carbonyl (C=O) groups is 1. The van der Waals surface area contributed by atoms with Gasteiger partial charge in [-0.3, -0.25) is 4.99 Å². The highest BCUT2D eigenvalue weighted by atomic mass is 35.5. The number of allylic oxidation sites excluding steroid dienone is 1. The highest BCUT2D eigenvalue weighted by Crippen LogP contribution is 2.37. The van der Waals surface area contributed by atoms with Gasteiger partial charge in [0.05, 0.1) is 12.4 Å². The molecule has 1 atom stereocenters. The highest BCUT2D eigenvalue weighted by molar-refractivity contribution is 6.14. The van der Waals surface area contributed by atoms with Crippen molar-refractivity contribution in [3.05, 3.63) is 59.7 Å². The van der Waals surface area contributed by atoms with Crippen LogP contribution in [0.1, 0.15) is 5.56 Å². The Kier molecular flexibility index (Phi) is 3.70. The van der Waals surface area contributed by atoms with Crippen molar-refractivity contribution in [1.29, 1.82) is 0 Å². The number of nitrogens with zero attached hydrogens (tertiary/aromatic N) is 4. The number of rotatable bonds is 3. The summed E-state index contributed by atoms with van der Waals surface area (Å²) in [6.45, 7) is 1.45. The Labute approximate surface area is 144 Å². The van der Waals surface area contributed by atoms with Gasteiger partial charge in [0.1, 0.15) is 18.5 Å². The Morgan fingerprint density at radius 1 is 1.33 bits per heavy atom. The summed E-state index contributed by atoms with van der Waals surface area (Å²) in [5.41, 5.74) is 2.72. The van der Waals surface area contributed by atoms with E-state index in [2.05, 4.69) is 9.98 Å². The number of benzene rings is 1. The molecule has 24 heavy (non-hydrogen) atoms. The SMILES string of the molecule is O=C(OCc1ccccc1)N1CC(C2=C3C=NC=C[N+]3(Cl)C=N2)C1. The molecule has 1 saturated heterocycles. The second kappa shape index (κ2) is 5.89. The lowest BCUT2D eigenvalue weighted by molar-refractivity contribution is -0.592. The molecule has 0 aromatic heterocycles. The van der Waals surface area contributed by atoms with Crippen molar-refractivity contribution in [2.75, 3.05) is 13.1 Å². The maximum absolute atomic E-state index is 12.1. The van der Waals surface area contributed by atoms with E-state index in [1.165, 1.54) is 0 Å². The van der Waals surface area contributed by atoms with Gasteiger partial charge in [0, 0.05) is 19.0 Å². The average Bonchev–Trinajstić information content (AvgIpc) is 2.90. The molecule has 1 unspecified atom stereocenters. The number of quaternary nitrogens is 1. The van der Waals surface area contributed by atoms with Crippen LogP contribution in [0.25, 0.3) is 0 Å². The molecule has 122 valence electrons. The van der Waals surface area contributed by atoms with Gasteiger partial charge in [-0.2, -0.15) is 4.99 Å². The number of carbonyl (C=O) groups excluding carboxylic acids is 1. The van der Waals surface area contributed by atoms with Gasteiger partial charge in [0.15, 0.2) is 11.8 Å². The zero-order valence-corrected chi connectivity index (χ0v) is 13.6. The van der Waals surface area contributed by atoms with Crippen LogP contribution in [0.5, 0.6) is 0 Å². The predicted molar refractivity (Wildman–Crippen MR) is 91.0 cm³/mol. The summed E-state index contributed by atoms with van der Waals surface area (Å²) in [5.74, 6) is 0.164. The minimum absolute atomic E-state index is 0.0216. The molecule has 0 spiro atoms. The third-order valence-electron chi connectivity index (χ3n) is 4.29. The van der Waals surface area contributed by atoms with Crippen LogP contribution < -0.4 is 0 Å². The van der Waals surface area contributed by atoms with Crippen LogP contribution in [0.15, 0.2) is 64.1 Å². The normalized spacial score (nSPS) is 25.0. The number of likely N-dealkylation sites (tertiary alicyclic amines) is 1. The molecule has 3 heterocycles. The molecule has 3 aliphatic rings. The Balaban J connectivity index is 1.34. The number of amides is 1. The number of hydrogen-bond acceptors (Lipinski definition) is 4. The Morgan fingerprint density at radius 2 is 2.12 bits per heavy atom. The number of fused-ring (bicyclic) bond motifs is 1. The third-order valence-corrected chi connectivity index (χ3v) is 4.68. The summed E-state index contributed by atoms with van der Waals surface area (Å²) in [5, 5.41) is 0. The molecule has 0 bridgehead atoms. The topological polar surface area (TPSA) is 54.3 Å². The first-order valence-corrected chi connectivity index (χ1v) is 8.04. The molecular weight excluding hydrogens is 328 g/mol. The van der Waals surface area contributed by atoms with Gasteiger partial charge >= 0.3 is 6.09 Å². The van der Waals surface area contributed by atoms with Crippen molar-refractivity contribution in [2.24, 2.45) is 15.9 Å². The zero-order chi connectivity index (χ0) is 16.6.